The first-order valence-electron chi connectivity index (χ1n) is 9.29. The third-order valence-electron chi connectivity index (χ3n) is 4.74. The number of anilines is 1. The van der Waals surface area contributed by atoms with Crippen LogP contribution in [0.4, 0.5) is 5.13 Å². The van der Waals surface area contributed by atoms with Crippen LogP contribution in [0, 0.1) is 6.92 Å². The van der Waals surface area contributed by atoms with E-state index in [9.17, 15) is 13.2 Å². The number of amides is 1. The van der Waals surface area contributed by atoms with Crippen molar-refractivity contribution in [3.63, 3.8) is 0 Å². The molecule has 0 atom stereocenters. The number of sulfone groups is 1. The van der Waals surface area contributed by atoms with Gasteiger partial charge >= 0.3 is 0 Å². The number of benzene rings is 2. The van der Waals surface area contributed by atoms with Crippen LogP contribution >= 0.6 is 11.3 Å². The van der Waals surface area contributed by atoms with Crippen LogP contribution in [-0.2, 0) is 27.6 Å². The van der Waals surface area contributed by atoms with Crippen molar-refractivity contribution in [2.45, 2.75) is 24.8 Å². The molecule has 0 unspecified atom stereocenters. The number of hydrogen-bond acceptors (Lipinski definition) is 6. The van der Waals surface area contributed by atoms with Gasteiger partial charge in [-0.1, -0.05) is 35.6 Å². The number of carbonyl (C=O) groups excluding carboxylic acids is 1. The zero-order valence-electron chi connectivity index (χ0n) is 16.5. The second kappa shape index (κ2) is 8.04. The lowest BCUT2D eigenvalue weighted by Gasteiger charge is -2.19. The molecule has 30 heavy (non-hydrogen) atoms. The van der Waals surface area contributed by atoms with Crippen LogP contribution in [0.2, 0.25) is 0 Å². The molecule has 2 aromatic heterocycles. The Kier molecular flexibility index (Phi) is 5.44. The highest BCUT2D eigenvalue weighted by Gasteiger charge is 2.22. The van der Waals surface area contributed by atoms with Crippen molar-refractivity contribution in [2.24, 2.45) is 0 Å². The third kappa shape index (κ3) is 4.29. The van der Waals surface area contributed by atoms with Gasteiger partial charge in [-0.15, -0.1) is 0 Å². The zero-order chi connectivity index (χ0) is 21.3. The first-order valence-corrected chi connectivity index (χ1v) is 12.0. The van der Waals surface area contributed by atoms with E-state index < -0.39 is 9.84 Å². The van der Waals surface area contributed by atoms with Gasteiger partial charge in [0.15, 0.2) is 15.0 Å². The molecule has 6 nitrogen and oxygen atoms in total. The largest absolute Gasteiger partial charge is 0.467 e. The standard InChI is InChI=1S/C22H20N2O4S2/c1-15-5-3-7-19-21(15)23-22(29-19)24(14-17-6-4-12-28-17)20(25)13-16-8-10-18(11-9-16)30(2,26)27/h3-12H,13-14H2,1-2H3. The van der Waals surface area contributed by atoms with Gasteiger partial charge in [0.25, 0.3) is 0 Å². The number of thiazole rings is 1. The van der Waals surface area contributed by atoms with Crippen molar-refractivity contribution in [3.05, 3.63) is 77.7 Å². The van der Waals surface area contributed by atoms with E-state index in [0.29, 0.717) is 10.9 Å². The summed E-state index contributed by atoms with van der Waals surface area (Å²) >= 11 is 1.46. The molecule has 4 aromatic rings. The quantitative estimate of drug-likeness (QED) is 0.445. The minimum atomic E-state index is -3.28. The Morgan fingerprint density at radius 1 is 1.10 bits per heavy atom. The first kappa shape index (κ1) is 20.3. The molecule has 0 aliphatic heterocycles. The van der Waals surface area contributed by atoms with Gasteiger partial charge in [0.1, 0.15) is 5.76 Å². The number of para-hydroxylation sites is 1. The molecule has 2 heterocycles. The maximum absolute atomic E-state index is 13.2. The molecular formula is C22H20N2O4S2. The molecular weight excluding hydrogens is 420 g/mol. The number of carbonyl (C=O) groups is 1. The SMILES string of the molecule is Cc1cccc2sc(N(Cc3ccco3)C(=O)Cc3ccc(S(C)(=O)=O)cc3)nc12. The Balaban J connectivity index is 1.65. The number of nitrogens with zero attached hydrogens (tertiary/aromatic N) is 2. The van der Waals surface area contributed by atoms with Crippen molar-refractivity contribution in [3.8, 4) is 0 Å². The lowest BCUT2D eigenvalue weighted by Crippen LogP contribution is -2.31. The maximum Gasteiger partial charge on any atom is 0.233 e. The Labute approximate surface area is 178 Å². The summed E-state index contributed by atoms with van der Waals surface area (Å²) in [6, 6.07) is 15.9. The topological polar surface area (TPSA) is 80.5 Å². The molecule has 0 saturated carbocycles. The van der Waals surface area contributed by atoms with Gasteiger partial charge in [0, 0.05) is 6.26 Å². The molecule has 2 aromatic carbocycles. The molecule has 0 spiro atoms. The van der Waals surface area contributed by atoms with E-state index in [1.165, 1.54) is 23.5 Å². The molecule has 4 rings (SSSR count). The monoisotopic (exact) mass is 440 g/mol. The van der Waals surface area contributed by atoms with E-state index in [2.05, 4.69) is 0 Å². The molecule has 8 heteroatoms. The predicted molar refractivity (Wildman–Crippen MR) is 118 cm³/mol. The van der Waals surface area contributed by atoms with Crippen molar-refractivity contribution < 1.29 is 17.6 Å². The van der Waals surface area contributed by atoms with Gasteiger partial charge in [-0.05, 0) is 48.4 Å². The van der Waals surface area contributed by atoms with Crippen LogP contribution in [0.5, 0.6) is 0 Å². The highest BCUT2D eigenvalue weighted by atomic mass is 32.2. The summed E-state index contributed by atoms with van der Waals surface area (Å²) in [6.45, 7) is 2.26. The van der Waals surface area contributed by atoms with E-state index in [0.717, 1.165) is 27.6 Å². The fourth-order valence-corrected chi connectivity index (χ4v) is 4.83. The molecule has 0 fully saturated rings. The Morgan fingerprint density at radius 2 is 1.87 bits per heavy atom. The second-order valence-electron chi connectivity index (χ2n) is 7.07. The van der Waals surface area contributed by atoms with Gasteiger partial charge in [-0.3, -0.25) is 9.69 Å². The van der Waals surface area contributed by atoms with E-state index in [4.69, 9.17) is 9.40 Å². The van der Waals surface area contributed by atoms with Crippen LogP contribution < -0.4 is 4.90 Å². The second-order valence-corrected chi connectivity index (χ2v) is 10.1. The zero-order valence-corrected chi connectivity index (χ0v) is 18.2. The number of aromatic nitrogens is 1. The van der Waals surface area contributed by atoms with Crippen molar-refractivity contribution >= 4 is 42.4 Å². The van der Waals surface area contributed by atoms with Crippen molar-refractivity contribution in [1.82, 2.24) is 4.98 Å². The van der Waals surface area contributed by atoms with Gasteiger partial charge in [0.2, 0.25) is 5.91 Å². The van der Waals surface area contributed by atoms with E-state index in [1.807, 2.05) is 31.2 Å². The van der Waals surface area contributed by atoms with E-state index in [1.54, 1.807) is 29.4 Å². The number of fused-ring (bicyclic) bond motifs is 1. The molecule has 1 amide bonds. The minimum Gasteiger partial charge on any atom is -0.467 e. The van der Waals surface area contributed by atoms with E-state index >= 15 is 0 Å². The highest BCUT2D eigenvalue weighted by Crippen LogP contribution is 2.32. The molecule has 0 radical (unpaired) electrons. The fraction of sp³-hybridized carbons (Fsp3) is 0.182. The fourth-order valence-electron chi connectivity index (χ4n) is 3.14. The number of rotatable bonds is 6. The normalized spacial score (nSPS) is 11.7. The average molecular weight is 441 g/mol. The lowest BCUT2D eigenvalue weighted by atomic mass is 10.1. The summed E-state index contributed by atoms with van der Waals surface area (Å²) in [5.74, 6) is 0.516. The Bertz CT molecular complexity index is 1290. The summed E-state index contributed by atoms with van der Waals surface area (Å²) < 4.78 is 29.8. The molecule has 0 bridgehead atoms. The molecule has 0 aliphatic carbocycles. The highest BCUT2D eigenvalue weighted by molar-refractivity contribution is 7.90. The summed E-state index contributed by atoms with van der Waals surface area (Å²) in [4.78, 5) is 19.8. The van der Waals surface area contributed by atoms with Crippen molar-refractivity contribution in [1.29, 1.82) is 0 Å². The lowest BCUT2D eigenvalue weighted by molar-refractivity contribution is -0.118. The minimum absolute atomic E-state index is 0.125. The average Bonchev–Trinajstić information content (AvgIpc) is 3.36. The smallest absolute Gasteiger partial charge is 0.233 e. The predicted octanol–water partition coefficient (Wildman–Crippen LogP) is 4.38. The summed E-state index contributed by atoms with van der Waals surface area (Å²) in [7, 11) is -3.28. The van der Waals surface area contributed by atoms with Crippen LogP contribution in [0.1, 0.15) is 16.9 Å². The number of aryl methyl sites for hydroxylation is 1. The summed E-state index contributed by atoms with van der Waals surface area (Å²) in [6.07, 6.45) is 2.86. The summed E-state index contributed by atoms with van der Waals surface area (Å²) in [5.41, 5.74) is 2.66. The Morgan fingerprint density at radius 3 is 2.50 bits per heavy atom. The van der Waals surface area contributed by atoms with Gasteiger partial charge < -0.3 is 4.42 Å². The van der Waals surface area contributed by atoms with Gasteiger partial charge in [-0.2, -0.15) is 0 Å². The van der Waals surface area contributed by atoms with Crippen LogP contribution in [0.25, 0.3) is 10.2 Å². The maximum atomic E-state index is 13.2. The molecule has 0 aliphatic rings. The summed E-state index contributed by atoms with van der Waals surface area (Å²) in [5, 5.41) is 0.605. The molecule has 0 saturated heterocycles. The first-order chi connectivity index (χ1) is 14.3. The van der Waals surface area contributed by atoms with Crippen LogP contribution in [0.15, 0.2) is 70.2 Å². The molecule has 154 valence electrons. The number of hydrogen-bond donors (Lipinski definition) is 0. The number of furan rings is 1. The van der Waals surface area contributed by atoms with Gasteiger partial charge in [-0.25, -0.2) is 13.4 Å². The van der Waals surface area contributed by atoms with Crippen molar-refractivity contribution in [2.75, 3.05) is 11.2 Å². The van der Waals surface area contributed by atoms with E-state index in [-0.39, 0.29) is 23.8 Å². The molecule has 0 N–H and O–H groups in total. The van der Waals surface area contributed by atoms with Gasteiger partial charge in [0.05, 0.1) is 34.3 Å². The Hall–Kier alpha value is -2.97. The third-order valence-corrected chi connectivity index (χ3v) is 6.91. The van der Waals surface area contributed by atoms with Crippen LogP contribution in [-0.4, -0.2) is 25.6 Å². The van der Waals surface area contributed by atoms with Crippen LogP contribution in [0.3, 0.4) is 0 Å².